The largest absolute Gasteiger partial charge is 0.461 e. The van der Waals surface area contributed by atoms with Crippen molar-refractivity contribution in [3.8, 4) is 0 Å². The zero-order valence-corrected chi connectivity index (χ0v) is 30.5. The molecule has 0 radical (unpaired) electrons. The molecule has 0 aliphatic carbocycles. The van der Waals surface area contributed by atoms with Crippen LogP contribution in [0.25, 0.3) is 10.8 Å². The standard InChI is InChI=1S/C40H51N5O7/c1-26(2)20-32(35(46)18-19-36(47)51-24-27-12-7-6-8-13-27)43-38(49)34(22-30-23-41-25-42-30)44-37(48)33(45-39(50)52-40(3,4)5)21-29-16-11-15-28-14-9-10-17-31(28)29/h6-17,23,25-26,32-35,46H,18-22,24H2,1-5H3,(H,41,42)(H,43,49)(H,44,48)(H,45,50)/t32-,33-,34-,35-/m0/s1/i/hD. The lowest BCUT2D eigenvalue weighted by atomic mass is 9.95. The van der Waals surface area contributed by atoms with Crippen LogP contribution in [0.1, 0.15) is 70.7 Å². The third kappa shape index (κ3) is 12.8. The Balaban J connectivity index is 1.53. The van der Waals surface area contributed by atoms with Crippen LogP contribution in [0.15, 0.2) is 85.3 Å². The molecule has 0 aliphatic heterocycles. The topological polar surface area (TPSA) is 172 Å². The maximum absolute atomic E-state index is 14.2. The summed E-state index contributed by atoms with van der Waals surface area (Å²) in [5, 5.41) is 19.2. The average Bonchev–Trinajstić information content (AvgIpc) is 3.64. The van der Waals surface area contributed by atoms with Crippen molar-refractivity contribution < 1.29 is 35.2 Å². The molecular formula is C40H51N5O7. The second-order valence-electron chi connectivity index (χ2n) is 14.3. The lowest BCUT2D eigenvalue weighted by molar-refractivity contribution is -0.145. The molecule has 4 atom stereocenters. The van der Waals surface area contributed by atoms with E-state index in [2.05, 4.69) is 20.6 Å². The molecule has 4 aromatic rings. The SMILES string of the molecule is [2H]N(C(=O)OC(C)(C)C)[C@@H](Cc1cccc2ccccc12)C(=O)N[C@@H](Cc1cnc[nH]1)C(=O)N[C@@H](CC(C)C)[C@@H](O)CCC(=O)OCc1ccccc1. The number of aliphatic hydroxyl groups is 1. The van der Waals surface area contributed by atoms with Gasteiger partial charge in [-0.2, -0.15) is 0 Å². The predicted molar refractivity (Wildman–Crippen MR) is 198 cm³/mol. The number of imidazole rings is 1. The van der Waals surface area contributed by atoms with Crippen LogP contribution in [0.5, 0.6) is 0 Å². The Labute approximate surface area is 306 Å². The number of aliphatic hydroxyl groups excluding tert-OH is 1. The van der Waals surface area contributed by atoms with E-state index in [1.807, 2.05) is 86.6 Å². The minimum atomic E-state index is -1.38. The van der Waals surface area contributed by atoms with Gasteiger partial charge in [0.05, 0.1) is 18.5 Å². The highest BCUT2D eigenvalue weighted by Crippen LogP contribution is 2.21. The number of hydrogen-bond acceptors (Lipinski definition) is 8. The number of nitrogens with one attached hydrogen (secondary N) is 4. The number of carbonyl (C=O) groups is 4. The fourth-order valence-corrected chi connectivity index (χ4v) is 5.77. The van der Waals surface area contributed by atoms with Gasteiger partial charge in [0.1, 0.15) is 24.3 Å². The summed E-state index contributed by atoms with van der Waals surface area (Å²) in [5.74, 6) is -1.76. The first-order valence-electron chi connectivity index (χ1n) is 18.1. The van der Waals surface area contributed by atoms with Gasteiger partial charge >= 0.3 is 12.1 Å². The van der Waals surface area contributed by atoms with Crippen molar-refractivity contribution in [1.29, 1.82) is 0 Å². The third-order valence-electron chi connectivity index (χ3n) is 8.27. The van der Waals surface area contributed by atoms with E-state index in [9.17, 15) is 24.3 Å². The molecule has 0 fully saturated rings. The molecule has 278 valence electrons. The molecule has 0 aliphatic rings. The van der Waals surface area contributed by atoms with Crippen LogP contribution >= 0.6 is 0 Å². The van der Waals surface area contributed by atoms with Crippen molar-refractivity contribution in [1.82, 2.24) is 25.9 Å². The summed E-state index contributed by atoms with van der Waals surface area (Å²) in [6, 6.07) is 19.1. The molecule has 3 amide bonds. The summed E-state index contributed by atoms with van der Waals surface area (Å²) < 4.78 is 19.6. The smallest absolute Gasteiger partial charge is 0.408 e. The Morgan fingerprint density at radius 2 is 1.60 bits per heavy atom. The summed E-state index contributed by atoms with van der Waals surface area (Å²) in [5.41, 5.74) is 1.19. The Morgan fingerprint density at radius 1 is 0.904 bits per heavy atom. The number of fused-ring (bicyclic) bond motifs is 1. The van der Waals surface area contributed by atoms with Gasteiger partial charge in [0, 0.05) is 31.2 Å². The van der Waals surface area contributed by atoms with E-state index in [-0.39, 0.29) is 38.2 Å². The average molecular weight is 715 g/mol. The van der Waals surface area contributed by atoms with Crippen LogP contribution in [0.2, 0.25) is 1.41 Å². The molecular weight excluding hydrogens is 662 g/mol. The molecule has 5 N–H and O–H groups in total. The van der Waals surface area contributed by atoms with Crippen LogP contribution in [0, 0.1) is 5.92 Å². The molecule has 4 rings (SSSR count). The van der Waals surface area contributed by atoms with Crippen molar-refractivity contribution in [3.05, 3.63) is 102 Å². The van der Waals surface area contributed by atoms with Crippen molar-refractivity contribution in [2.45, 2.75) is 103 Å². The maximum Gasteiger partial charge on any atom is 0.408 e. The first kappa shape index (κ1) is 38.0. The Morgan fingerprint density at radius 3 is 2.29 bits per heavy atom. The van der Waals surface area contributed by atoms with E-state index in [0.29, 0.717) is 17.4 Å². The molecule has 3 aromatic carbocycles. The molecule has 1 heterocycles. The van der Waals surface area contributed by atoms with Gasteiger partial charge in [-0.1, -0.05) is 86.6 Å². The van der Waals surface area contributed by atoms with Crippen molar-refractivity contribution >= 4 is 34.6 Å². The second-order valence-corrected chi connectivity index (χ2v) is 14.3. The van der Waals surface area contributed by atoms with Crippen LogP contribution in [-0.4, -0.2) is 68.8 Å². The zero-order chi connectivity index (χ0) is 38.5. The molecule has 0 saturated heterocycles. The summed E-state index contributed by atoms with van der Waals surface area (Å²) in [6.07, 6.45) is 1.19. The van der Waals surface area contributed by atoms with Crippen molar-refractivity contribution in [3.63, 3.8) is 0 Å². The van der Waals surface area contributed by atoms with Gasteiger partial charge in [-0.15, -0.1) is 0 Å². The fourth-order valence-electron chi connectivity index (χ4n) is 5.77. The monoisotopic (exact) mass is 714 g/mol. The normalized spacial score (nSPS) is 14.1. The molecule has 0 unspecified atom stereocenters. The summed E-state index contributed by atoms with van der Waals surface area (Å²) in [7, 11) is 0. The highest BCUT2D eigenvalue weighted by Gasteiger charge is 2.32. The van der Waals surface area contributed by atoms with E-state index in [1.54, 1.807) is 20.8 Å². The predicted octanol–water partition coefficient (Wildman–Crippen LogP) is 5.14. The number of H-pyrrole nitrogens is 1. The Bertz CT molecular complexity index is 1790. The van der Waals surface area contributed by atoms with Gasteiger partial charge in [-0.25, -0.2) is 9.78 Å². The highest BCUT2D eigenvalue weighted by molar-refractivity contribution is 5.93. The van der Waals surface area contributed by atoms with E-state index in [0.717, 1.165) is 21.9 Å². The zero-order valence-electron chi connectivity index (χ0n) is 31.5. The van der Waals surface area contributed by atoms with Crippen LogP contribution in [0.4, 0.5) is 4.79 Å². The molecule has 12 nitrogen and oxygen atoms in total. The Kier molecular flexibility index (Phi) is 13.8. The van der Waals surface area contributed by atoms with Gasteiger partial charge in [0.2, 0.25) is 11.8 Å². The van der Waals surface area contributed by atoms with Crippen LogP contribution in [0.3, 0.4) is 0 Å². The highest BCUT2D eigenvalue weighted by atomic mass is 16.6. The lowest BCUT2D eigenvalue weighted by Crippen LogP contribution is -2.57. The number of amides is 3. The Hall–Kier alpha value is -5.23. The minimum Gasteiger partial charge on any atom is -0.461 e. The summed E-state index contributed by atoms with van der Waals surface area (Å²) >= 11 is 0. The molecule has 0 spiro atoms. The van der Waals surface area contributed by atoms with Gasteiger partial charge in [-0.05, 0) is 61.4 Å². The number of alkyl carbamates (subject to hydrolysis) is 1. The van der Waals surface area contributed by atoms with Crippen molar-refractivity contribution in [2.24, 2.45) is 5.92 Å². The molecule has 1 aromatic heterocycles. The number of rotatable bonds is 17. The van der Waals surface area contributed by atoms with Gasteiger partial charge in [0.25, 0.3) is 0 Å². The van der Waals surface area contributed by atoms with Crippen molar-refractivity contribution in [2.75, 3.05) is 0 Å². The summed E-state index contributed by atoms with van der Waals surface area (Å²) in [4.78, 5) is 60.9. The third-order valence-corrected chi connectivity index (χ3v) is 8.27. The number of aromatic amines is 1. The van der Waals surface area contributed by atoms with Gasteiger partial charge in [-0.3, -0.25) is 14.4 Å². The number of aromatic nitrogens is 2. The van der Waals surface area contributed by atoms with E-state index in [1.165, 1.54) is 12.5 Å². The minimum absolute atomic E-state index is 0.000690. The summed E-state index contributed by atoms with van der Waals surface area (Å²) in [6.45, 7) is 9.00. The molecule has 0 bridgehead atoms. The quantitative estimate of drug-likeness (QED) is 0.0936. The van der Waals surface area contributed by atoms with Crippen LogP contribution < -0.4 is 15.9 Å². The number of benzene rings is 3. The molecule has 0 saturated carbocycles. The van der Waals surface area contributed by atoms with E-state index < -0.39 is 53.7 Å². The molecule has 52 heavy (non-hydrogen) atoms. The van der Waals surface area contributed by atoms with Gasteiger partial charge < -0.3 is 35.5 Å². The van der Waals surface area contributed by atoms with Crippen LogP contribution in [-0.2, 0) is 43.3 Å². The number of ether oxygens (including phenoxy) is 2. The van der Waals surface area contributed by atoms with E-state index in [4.69, 9.17) is 10.9 Å². The molecule has 12 heteroatoms. The second kappa shape index (κ2) is 18.8. The fraction of sp³-hybridized carbons (Fsp3) is 0.425. The maximum atomic E-state index is 14.2. The number of hydrogen-bond donors (Lipinski definition) is 5. The lowest BCUT2D eigenvalue weighted by Gasteiger charge is -2.29. The number of esters is 1. The van der Waals surface area contributed by atoms with Gasteiger partial charge in [0.15, 0.2) is 1.41 Å². The van der Waals surface area contributed by atoms with E-state index >= 15 is 0 Å². The number of nitrogens with zero attached hydrogens (tertiary/aromatic N) is 1. The first-order chi connectivity index (χ1) is 25.2. The number of carbonyl (C=O) groups excluding carboxylic acids is 4. The first-order valence-corrected chi connectivity index (χ1v) is 17.6.